The quantitative estimate of drug-likeness (QED) is 0.606. The van der Waals surface area contributed by atoms with Crippen LogP contribution < -0.4 is 5.73 Å². The summed E-state index contributed by atoms with van der Waals surface area (Å²) in [4.78, 5) is 28.7. The Morgan fingerprint density at radius 2 is 1.82 bits per heavy atom. The highest BCUT2D eigenvalue weighted by molar-refractivity contribution is 6.02. The maximum Gasteiger partial charge on any atom is 0.239 e. The van der Waals surface area contributed by atoms with E-state index < -0.39 is 11.5 Å². The van der Waals surface area contributed by atoms with Crippen LogP contribution in [-0.2, 0) is 10.3 Å². The van der Waals surface area contributed by atoms with Crippen molar-refractivity contribution in [2.75, 3.05) is 7.05 Å². The average Bonchev–Trinajstić information content (AvgIpc) is 3.69. The number of hydrogen-bond acceptors (Lipinski definition) is 5. The lowest BCUT2D eigenvalue weighted by atomic mass is 9.74. The van der Waals surface area contributed by atoms with Gasteiger partial charge in [0.15, 0.2) is 5.96 Å². The number of likely N-dealkylation sites (N-methyl/N-ethyl adjacent to an activating group) is 1. The summed E-state index contributed by atoms with van der Waals surface area (Å²) in [5.41, 5.74) is 10.9. The molecule has 1 amide bonds. The normalized spacial score (nSPS) is 22.1. The van der Waals surface area contributed by atoms with Crippen LogP contribution in [0.1, 0.15) is 60.8 Å². The van der Waals surface area contributed by atoms with Crippen molar-refractivity contribution in [3.05, 3.63) is 83.3 Å². The minimum Gasteiger partial charge on any atom is -0.369 e. The molecule has 6 nitrogen and oxygen atoms in total. The Morgan fingerprint density at radius 1 is 1.09 bits per heavy atom. The van der Waals surface area contributed by atoms with Gasteiger partial charge in [-0.3, -0.25) is 19.7 Å². The molecule has 3 heterocycles. The minimum absolute atomic E-state index is 0.0746. The topological polar surface area (TPSA) is 84.5 Å². The maximum atomic E-state index is 13.6. The molecular weight excluding hydrogens is 422 g/mol. The summed E-state index contributed by atoms with van der Waals surface area (Å²) in [6.45, 7) is 3.77. The van der Waals surface area contributed by atoms with Crippen LogP contribution >= 0.6 is 0 Å². The lowest BCUT2D eigenvalue weighted by molar-refractivity contribution is -0.130. The van der Waals surface area contributed by atoms with Crippen molar-refractivity contribution in [1.29, 1.82) is 0 Å². The smallest absolute Gasteiger partial charge is 0.239 e. The molecule has 1 aliphatic heterocycles. The Bertz CT molecular complexity index is 1350. The van der Waals surface area contributed by atoms with Gasteiger partial charge in [0.2, 0.25) is 5.91 Å². The molecular formula is C28H27N5O. The number of nitrogens with two attached hydrogens (primary N) is 1. The number of benzene rings is 1. The molecule has 0 saturated heterocycles. The largest absolute Gasteiger partial charge is 0.369 e. The molecule has 6 heteroatoms. The van der Waals surface area contributed by atoms with Crippen LogP contribution in [-0.4, -0.2) is 33.8 Å². The van der Waals surface area contributed by atoms with Gasteiger partial charge in [-0.15, -0.1) is 5.92 Å². The number of hydrogen-bond donors (Lipinski definition) is 1. The lowest BCUT2D eigenvalue weighted by Gasteiger charge is -2.41. The zero-order chi connectivity index (χ0) is 23.9. The predicted octanol–water partition coefficient (Wildman–Crippen LogP) is 4.18. The summed E-state index contributed by atoms with van der Waals surface area (Å²) in [7, 11) is 1.68. The maximum absolute atomic E-state index is 13.6. The van der Waals surface area contributed by atoms with Gasteiger partial charge in [-0.05, 0) is 67.5 Å². The summed E-state index contributed by atoms with van der Waals surface area (Å²) in [5, 5.41) is 0. The van der Waals surface area contributed by atoms with Crippen LogP contribution in [0.4, 0.5) is 0 Å². The highest BCUT2D eigenvalue weighted by atomic mass is 16.2. The number of pyridine rings is 2. The van der Waals surface area contributed by atoms with E-state index in [0.29, 0.717) is 5.92 Å². The minimum atomic E-state index is -0.888. The second kappa shape index (κ2) is 8.42. The summed E-state index contributed by atoms with van der Waals surface area (Å²) >= 11 is 0. The molecule has 2 aromatic heterocycles. The molecule has 2 aliphatic rings. The molecule has 5 rings (SSSR count). The molecule has 170 valence electrons. The van der Waals surface area contributed by atoms with E-state index in [1.807, 2.05) is 25.1 Å². The number of rotatable bonds is 4. The Balaban J connectivity index is 1.60. The number of carbonyl (C=O) groups excluding carboxylic acids is 1. The summed E-state index contributed by atoms with van der Waals surface area (Å²) < 4.78 is 0. The van der Waals surface area contributed by atoms with E-state index in [-0.39, 0.29) is 11.9 Å². The highest BCUT2D eigenvalue weighted by Gasteiger charge is 2.47. The first-order chi connectivity index (χ1) is 16.4. The third-order valence-corrected chi connectivity index (χ3v) is 6.80. The van der Waals surface area contributed by atoms with Crippen LogP contribution in [0, 0.1) is 11.8 Å². The fourth-order valence-corrected chi connectivity index (χ4v) is 4.70. The monoisotopic (exact) mass is 449 g/mol. The third-order valence-electron chi connectivity index (χ3n) is 6.80. The van der Waals surface area contributed by atoms with Crippen molar-refractivity contribution in [2.45, 2.75) is 44.1 Å². The number of aliphatic imine (C=N–C) groups is 1. The van der Waals surface area contributed by atoms with Gasteiger partial charge >= 0.3 is 0 Å². The Labute approximate surface area is 200 Å². The Kier molecular flexibility index (Phi) is 5.41. The zero-order valence-corrected chi connectivity index (χ0v) is 19.6. The molecule has 3 aromatic rings. The molecule has 34 heavy (non-hydrogen) atoms. The summed E-state index contributed by atoms with van der Waals surface area (Å²) in [5.74, 6) is 6.21. The van der Waals surface area contributed by atoms with Crippen molar-refractivity contribution in [1.82, 2.24) is 14.9 Å². The van der Waals surface area contributed by atoms with Crippen molar-refractivity contribution >= 4 is 11.9 Å². The van der Waals surface area contributed by atoms with E-state index in [1.54, 1.807) is 32.6 Å². The number of carbonyl (C=O) groups is 1. The fourth-order valence-electron chi connectivity index (χ4n) is 4.70. The van der Waals surface area contributed by atoms with Crippen molar-refractivity contribution in [2.24, 2.45) is 10.7 Å². The van der Waals surface area contributed by atoms with Crippen LogP contribution in [0.2, 0.25) is 0 Å². The zero-order valence-electron chi connectivity index (χ0n) is 19.6. The van der Waals surface area contributed by atoms with Crippen molar-refractivity contribution in [3.63, 3.8) is 0 Å². The highest BCUT2D eigenvalue weighted by Crippen LogP contribution is 2.45. The number of amides is 1. The second-order valence-electron chi connectivity index (χ2n) is 9.16. The molecule has 0 unspecified atom stereocenters. The molecule has 1 fully saturated rings. The van der Waals surface area contributed by atoms with Gasteiger partial charge in [0.25, 0.3) is 0 Å². The van der Waals surface area contributed by atoms with E-state index in [0.717, 1.165) is 27.9 Å². The fraction of sp³-hybridized carbons (Fsp3) is 0.286. The number of guanidine groups is 1. The van der Waals surface area contributed by atoms with Crippen LogP contribution in [0.15, 0.2) is 66.0 Å². The van der Waals surface area contributed by atoms with Crippen molar-refractivity contribution in [3.8, 4) is 23.1 Å². The van der Waals surface area contributed by atoms with Crippen LogP contribution in [0.3, 0.4) is 0 Å². The van der Waals surface area contributed by atoms with Crippen molar-refractivity contribution < 1.29 is 4.79 Å². The molecule has 1 saturated carbocycles. The third kappa shape index (κ3) is 3.84. The molecule has 0 spiro atoms. The van der Waals surface area contributed by atoms with Gasteiger partial charge in [-0.2, -0.15) is 0 Å². The van der Waals surface area contributed by atoms with Gasteiger partial charge in [0, 0.05) is 36.8 Å². The first-order valence-electron chi connectivity index (χ1n) is 11.5. The van der Waals surface area contributed by atoms with E-state index in [9.17, 15) is 4.79 Å². The van der Waals surface area contributed by atoms with Crippen LogP contribution in [0.5, 0.6) is 0 Å². The molecule has 0 bridgehead atoms. The summed E-state index contributed by atoms with van der Waals surface area (Å²) in [6, 6.07) is 14.3. The van der Waals surface area contributed by atoms with Crippen LogP contribution in [0.25, 0.3) is 11.3 Å². The van der Waals surface area contributed by atoms with Gasteiger partial charge in [0.1, 0.15) is 5.54 Å². The molecule has 2 N–H and O–H groups in total. The second-order valence-corrected chi connectivity index (χ2v) is 9.16. The number of aromatic nitrogens is 2. The Morgan fingerprint density at radius 3 is 2.53 bits per heavy atom. The van der Waals surface area contributed by atoms with Gasteiger partial charge in [-0.1, -0.05) is 30.2 Å². The molecule has 1 aromatic carbocycles. The first kappa shape index (κ1) is 21.8. The van der Waals surface area contributed by atoms with E-state index in [2.05, 4.69) is 46.1 Å². The summed E-state index contributed by atoms with van der Waals surface area (Å²) in [6.07, 6.45) is 7.72. The van der Waals surface area contributed by atoms with Gasteiger partial charge in [-0.25, -0.2) is 4.99 Å². The molecule has 1 aliphatic carbocycles. The van der Waals surface area contributed by atoms with Gasteiger partial charge in [0.05, 0.1) is 11.6 Å². The number of nitrogens with zero attached hydrogens (tertiary/aromatic N) is 4. The lowest BCUT2D eigenvalue weighted by Crippen LogP contribution is -2.52. The predicted molar refractivity (Wildman–Crippen MR) is 133 cm³/mol. The Hall–Kier alpha value is -3.98. The average molecular weight is 450 g/mol. The molecule has 2 atom stereocenters. The SMILES string of the molecule is CC#Cc1cncc(-c2cc([C@@]3(C)N=C(N)N(C)C(=O)[C@@H]3c3ccc(C4CC4)cc3)ccn2)c1. The first-order valence-corrected chi connectivity index (χ1v) is 11.5. The van der Waals surface area contributed by atoms with E-state index in [1.165, 1.54) is 23.3 Å². The van der Waals surface area contributed by atoms with Gasteiger partial charge < -0.3 is 5.73 Å². The molecule has 0 radical (unpaired) electrons. The van der Waals surface area contributed by atoms with E-state index >= 15 is 0 Å². The van der Waals surface area contributed by atoms with E-state index in [4.69, 9.17) is 10.7 Å². The standard InChI is InChI=1S/C28H27N5O/c1-4-5-18-14-22(17-30-16-18)24-15-23(12-13-31-24)28(2)25(26(34)33(3)27(29)32-28)21-10-8-20(9-11-21)19-6-7-19/h8-17,19,25H,6-7H2,1-3H3,(H2,29,32)/t25-,28+/m0/s1.